The molecule has 3 aromatic rings. The summed E-state index contributed by atoms with van der Waals surface area (Å²) in [6.07, 6.45) is 7.24. The number of nitrogens with zero attached hydrogens (tertiary/aromatic N) is 6. The third-order valence-electron chi connectivity index (χ3n) is 4.28. The van der Waals surface area contributed by atoms with Crippen molar-refractivity contribution < 1.29 is 4.79 Å². The average molecular weight is 322 g/mol. The number of amides is 1. The van der Waals surface area contributed by atoms with Crippen molar-refractivity contribution in [1.82, 2.24) is 29.7 Å². The van der Waals surface area contributed by atoms with Crippen molar-refractivity contribution in [1.29, 1.82) is 0 Å². The maximum absolute atomic E-state index is 12.7. The fraction of sp³-hybridized carbons (Fsp3) is 0.294. The minimum Gasteiger partial charge on any atom is -0.335 e. The zero-order valence-corrected chi connectivity index (χ0v) is 13.2. The summed E-state index contributed by atoms with van der Waals surface area (Å²) < 4.78 is 1.93. The molecule has 4 rings (SSSR count). The van der Waals surface area contributed by atoms with Gasteiger partial charge in [-0.3, -0.25) is 9.48 Å². The van der Waals surface area contributed by atoms with E-state index in [0.29, 0.717) is 12.2 Å². The zero-order valence-electron chi connectivity index (χ0n) is 13.2. The van der Waals surface area contributed by atoms with Crippen LogP contribution in [0.4, 0.5) is 0 Å². The first-order valence-electron chi connectivity index (χ1n) is 8.07. The lowest BCUT2D eigenvalue weighted by Crippen LogP contribution is -2.41. The van der Waals surface area contributed by atoms with Crippen LogP contribution in [-0.2, 0) is 0 Å². The van der Waals surface area contributed by atoms with Crippen molar-refractivity contribution in [2.45, 2.75) is 18.9 Å². The summed E-state index contributed by atoms with van der Waals surface area (Å²) >= 11 is 0. The van der Waals surface area contributed by atoms with Crippen molar-refractivity contribution >= 4 is 5.91 Å². The molecule has 0 aliphatic carbocycles. The van der Waals surface area contributed by atoms with Gasteiger partial charge in [0.25, 0.3) is 5.91 Å². The van der Waals surface area contributed by atoms with Gasteiger partial charge in [-0.15, -0.1) is 5.10 Å². The van der Waals surface area contributed by atoms with Gasteiger partial charge in [0, 0.05) is 25.5 Å². The molecule has 7 nitrogen and oxygen atoms in total. The minimum atomic E-state index is -0.0750. The van der Waals surface area contributed by atoms with Crippen LogP contribution < -0.4 is 0 Å². The average Bonchev–Trinajstić information content (AvgIpc) is 3.34. The standard InChI is InChI=1S/C17H18N6O/c24-17(16-12-19-23(20-16)14-6-2-1-3-7-14)21-10-4-8-15(13-21)22-11-5-9-18-22/h1-3,5-7,9,11-12,15H,4,8,10,13H2/t15-/m1/s1. The Hall–Kier alpha value is -2.96. The predicted molar refractivity (Wildman–Crippen MR) is 87.8 cm³/mol. The molecule has 0 radical (unpaired) electrons. The van der Waals surface area contributed by atoms with Gasteiger partial charge in [0.1, 0.15) is 0 Å². The van der Waals surface area contributed by atoms with E-state index in [2.05, 4.69) is 15.3 Å². The van der Waals surface area contributed by atoms with E-state index in [1.54, 1.807) is 6.20 Å². The highest BCUT2D eigenvalue weighted by atomic mass is 16.2. The highest BCUT2D eigenvalue weighted by Crippen LogP contribution is 2.21. The van der Waals surface area contributed by atoms with Crippen LogP contribution in [0.5, 0.6) is 0 Å². The van der Waals surface area contributed by atoms with Crippen LogP contribution in [0.25, 0.3) is 5.69 Å². The van der Waals surface area contributed by atoms with Crippen LogP contribution >= 0.6 is 0 Å². The summed E-state index contributed by atoms with van der Waals surface area (Å²) in [6, 6.07) is 11.7. The normalized spacial score (nSPS) is 17.8. The fourth-order valence-electron chi connectivity index (χ4n) is 3.06. The molecule has 3 heterocycles. The molecular formula is C17H18N6O. The molecule has 1 atom stereocenters. The second-order valence-corrected chi connectivity index (χ2v) is 5.89. The first kappa shape index (κ1) is 14.6. The lowest BCUT2D eigenvalue weighted by Gasteiger charge is -2.32. The molecule has 1 aliphatic heterocycles. The van der Waals surface area contributed by atoms with Crippen molar-refractivity contribution in [2.75, 3.05) is 13.1 Å². The van der Waals surface area contributed by atoms with Gasteiger partial charge >= 0.3 is 0 Å². The Morgan fingerprint density at radius 2 is 2.00 bits per heavy atom. The maximum atomic E-state index is 12.7. The Labute approximate surface area is 139 Å². The van der Waals surface area contributed by atoms with Gasteiger partial charge in [-0.05, 0) is 31.0 Å². The van der Waals surface area contributed by atoms with Gasteiger partial charge in [-0.2, -0.15) is 15.0 Å². The van der Waals surface area contributed by atoms with Crippen LogP contribution in [-0.4, -0.2) is 48.7 Å². The van der Waals surface area contributed by atoms with E-state index in [9.17, 15) is 4.79 Å². The molecule has 0 bridgehead atoms. The summed E-state index contributed by atoms with van der Waals surface area (Å²) in [4.78, 5) is 16.1. The first-order valence-corrected chi connectivity index (χ1v) is 8.07. The Balaban J connectivity index is 1.50. The number of hydrogen-bond acceptors (Lipinski definition) is 4. The molecule has 7 heteroatoms. The topological polar surface area (TPSA) is 68.8 Å². The molecular weight excluding hydrogens is 304 g/mol. The smallest absolute Gasteiger partial charge is 0.276 e. The molecule has 2 aromatic heterocycles. The lowest BCUT2D eigenvalue weighted by atomic mass is 10.1. The Morgan fingerprint density at radius 1 is 1.12 bits per heavy atom. The number of hydrogen-bond donors (Lipinski definition) is 0. The summed E-state index contributed by atoms with van der Waals surface area (Å²) in [7, 11) is 0. The van der Waals surface area contributed by atoms with Gasteiger partial charge in [-0.1, -0.05) is 18.2 Å². The van der Waals surface area contributed by atoms with Crippen LogP contribution in [0.1, 0.15) is 29.4 Å². The highest BCUT2D eigenvalue weighted by Gasteiger charge is 2.27. The monoisotopic (exact) mass is 322 g/mol. The molecule has 1 saturated heterocycles. The molecule has 1 amide bonds. The van der Waals surface area contributed by atoms with Crippen molar-refractivity contribution in [3.63, 3.8) is 0 Å². The van der Waals surface area contributed by atoms with Crippen LogP contribution in [0.3, 0.4) is 0 Å². The SMILES string of the molecule is O=C(c1cnn(-c2ccccc2)n1)N1CCC[C@@H](n2cccn2)C1. The van der Waals surface area contributed by atoms with E-state index < -0.39 is 0 Å². The maximum Gasteiger partial charge on any atom is 0.276 e. The molecule has 0 spiro atoms. The van der Waals surface area contributed by atoms with E-state index in [4.69, 9.17) is 0 Å². The van der Waals surface area contributed by atoms with Crippen LogP contribution in [0, 0.1) is 0 Å². The Bertz CT molecular complexity index is 811. The van der Waals surface area contributed by atoms with E-state index >= 15 is 0 Å². The summed E-state index contributed by atoms with van der Waals surface area (Å²) in [5.74, 6) is -0.0750. The van der Waals surface area contributed by atoms with E-state index in [-0.39, 0.29) is 11.9 Å². The molecule has 0 unspecified atom stereocenters. The Kier molecular flexibility index (Phi) is 3.82. The number of aromatic nitrogens is 5. The molecule has 1 aliphatic rings. The molecule has 0 N–H and O–H groups in total. The first-order chi connectivity index (χ1) is 11.8. The third kappa shape index (κ3) is 2.80. The summed E-state index contributed by atoms with van der Waals surface area (Å²) in [6.45, 7) is 1.40. The van der Waals surface area contributed by atoms with Gasteiger partial charge < -0.3 is 4.90 Å². The summed E-state index contributed by atoms with van der Waals surface area (Å²) in [5, 5.41) is 12.8. The fourth-order valence-corrected chi connectivity index (χ4v) is 3.06. The van der Waals surface area contributed by atoms with Crippen LogP contribution in [0.15, 0.2) is 55.0 Å². The number of carbonyl (C=O) groups is 1. The van der Waals surface area contributed by atoms with Gasteiger partial charge in [0.05, 0.1) is 17.9 Å². The largest absolute Gasteiger partial charge is 0.335 e. The number of piperidine rings is 1. The molecule has 0 saturated carbocycles. The molecule has 24 heavy (non-hydrogen) atoms. The number of para-hydroxylation sites is 1. The summed E-state index contributed by atoms with van der Waals surface area (Å²) in [5.41, 5.74) is 1.21. The molecule has 122 valence electrons. The van der Waals surface area contributed by atoms with Crippen molar-refractivity contribution in [3.8, 4) is 5.69 Å². The van der Waals surface area contributed by atoms with Crippen molar-refractivity contribution in [3.05, 3.63) is 60.7 Å². The quantitative estimate of drug-likeness (QED) is 0.739. The third-order valence-corrected chi connectivity index (χ3v) is 4.28. The lowest BCUT2D eigenvalue weighted by molar-refractivity contribution is 0.0666. The molecule has 1 aromatic carbocycles. The second-order valence-electron chi connectivity index (χ2n) is 5.89. The van der Waals surface area contributed by atoms with E-state index in [0.717, 1.165) is 25.1 Å². The minimum absolute atomic E-state index is 0.0750. The zero-order chi connectivity index (χ0) is 16.4. The predicted octanol–water partition coefficient (Wildman–Crippen LogP) is 1.94. The van der Waals surface area contributed by atoms with Gasteiger partial charge in [-0.25, -0.2) is 0 Å². The number of rotatable bonds is 3. The van der Waals surface area contributed by atoms with E-state index in [1.165, 1.54) is 11.0 Å². The number of likely N-dealkylation sites (tertiary alicyclic amines) is 1. The number of carbonyl (C=O) groups excluding carboxylic acids is 1. The van der Waals surface area contributed by atoms with Crippen molar-refractivity contribution in [2.24, 2.45) is 0 Å². The van der Waals surface area contributed by atoms with Gasteiger partial charge in [0.15, 0.2) is 5.69 Å². The number of benzene rings is 1. The highest BCUT2D eigenvalue weighted by molar-refractivity contribution is 5.92. The molecule has 1 fully saturated rings. The van der Waals surface area contributed by atoms with E-state index in [1.807, 2.05) is 52.2 Å². The van der Waals surface area contributed by atoms with Gasteiger partial charge in [0.2, 0.25) is 0 Å². The Morgan fingerprint density at radius 3 is 2.79 bits per heavy atom. The second kappa shape index (κ2) is 6.27. The van der Waals surface area contributed by atoms with Crippen LogP contribution in [0.2, 0.25) is 0 Å².